The Morgan fingerprint density at radius 1 is 1.39 bits per heavy atom. The molecule has 0 saturated carbocycles. The summed E-state index contributed by atoms with van der Waals surface area (Å²) in [6.07, 6.45) is -3.27. The minimum Gasteiger partial charge on any atom is -0.394 e. The van der Waals surface area contributed by atoms with Crippen LogP contribution in [0.2, 0.25) is 0 Å². The molecule has 0 aromatic carbocycles. The van der Waals surface area contributed by atoms with Crippen molar-refractivity contribution in [3.05, 3.63) is 20.8 Å². The topological polar surface area (TPSA) is 120 Å². The number of aliphatic hydroxyl groups excluding tert-OH is 2. The molecule has 1 fully saturated rings. The lowest BCUT2D eigenvalue weighted by molar-refractivity contribution is -0.0226. The first-order chi connectivity index (χ1) is 10.9. The smallest absolute Gasteiger partial charge is 0.329 e. The number of H-pyrrole nitrogens is 1. The standard InChI is InChI=1S/C13H20N4O6/c1-15-5-17(10-7(15)11(20)16(2)13(21)14-10)12-9(22-3)8(19)6(4-18)23-12/h6,8-9,12,18-19H,4-5H2,1-3H3,(H,14,21)/t6-,8-,9-,12-/m1/s1. The molecule has 1 aromatic rings. The summed E-state index contributed by atoms with van der Waals surface area (Å²) in [5.74, 6) is 0.318. The van der Waals surface area contributed by atoms with Gasteiger partial charge in [-0.3, -0.25) is 14.3 Å². The molecule has 0 unspecified atom stereocenters. The molecule has 2 aliphatic rings. The van der Waals surface area contributed by atoms with Gasteiger partial charge in [-0.1, -0.05) is 0 Å². The van der Waals surface area contributed by atoms with Crippen LogP contribution in [0, 0.1) is 0 Å². The molecule has 2 aliphatic heterocycles. The lowest BCUT2D eigenvalue weighted by Gasteiger charge is -2.29. The Hall–Kier alpha value is -1.88. The quantitative estimate of drug-likeness (QED) is 0.552. The normalized spacial score (nSPS) is 30.1. The van der Waals surface area contributed by atoms with Gasteiger partial charge in [0.1, 0.15) is 29.8 Å². The van der Waals surface area contributed by atoms with Crippen molar-refractivity contribution in [3.63, 3.8) is 0 Å². The SMILES string of the molecule is CO[C@@H]1[C@H](O)[C@@H](CO)O[C@H]1N1CN(C)c2c1[nH]c(=O)n(C)c2=O. The molecule has 23 heavy (non-hydrogen) atoms. The zero-order chi connectivity index (χ0) is 16.9. The molecule has 0 aliphatic carbocycles. The molecular formula is C13H20N4O6. The molecule has 10 heteroatoms. The van der Waals surface area contributed by atoms with Gasteiger partial charge in [0.15, 0.2) is 6.23 Å². The fourth-order valence-corrected chi connectivity index (χ4v) is 3.10. The number of hydrogen-bond acceptors (Lipinski definition) is 8. The van der Waals surface area contributed by atoms with Crippen molar-refractivity contribution in [1.29, 1.82) is 0 Å². The minimum atomic E-state index is -1.01. The van der Waals surface area contributed by atoms with Crippen LogP contribution in [0.3, 0.4) is 0 Å². The molecule has 10 nitrogen and oxygen atoms in total. The number of aromatic amines is 1. The predicted molar refractivity (Wildman–Crippen MR) is 80.6 cm³/mol. The molecule has 3 heterocycles. The van der Waals surface area contributed by atoms with Crippen molar-refractivity contribution in [2.24, 2.45) is 7.05 Å². The summed E-state index contributed by atoms with van der Waals surface area (Å²) in [5, 5.41) is 19.5. The highest BCUT2D eigenvalue weighted by Crippen LogP contribution is 2.35. The highest BCUT2D eigenvalue weighted by molar-refractivity contribution is 5.71. The van der Waals surface area contributed by atoms with E-state index in [4.69, 9.17) is 9.47 Å². The molecule has 4 atom stereocenters. The van der Waals surface area contributed by atoms with E-state index in [2.05, 4.69) is 4.98 Å². The number of aromatic nitrogens is 2. The van der Waals surface area contributed by atoms with Crippen molar-refractivity contribution in [1.82, 2.24) is 9.55 Å². The molecule has 3 N–H and O–H groups in total. The van der Waals surface area contributed by atoms with Gasteiger partial charge in [-0.2, -0.15) is 0 Å². The van der Waals surface area contributed by atoms with E-state index in [1.807, 2.05) is 0 Å². The lowest BCUT2D eigenvalue weighted by Crippen LogP contribution is -2.46. The van der Waals surface area contributed by atoms with E-state index in [0.29, 0.717) is 11.5 Å². The van der Waals surface area contributed by atoms with E-state index in [1.165, 1.54) is 14.2 Å². The third-order valence-corrected chi connectivity index (χ3v) is 4.37. The maximum absolute atomic E-state index is 12.3. The van der Waals surface area contributed by atoms with Crippen LogP contribution >= 0.6 is 0 Å². The molecule has 0 amide bonds. The number of hydrogen-bond donors (Lipinski definition) is 3. The van der Waals surface area contributed by atoms with Crippen LogP contribution in [0.4, 0.5) is 11.5 Å². The molecule has 0 radical (unpaired) electrons. The molecule has 3 rings (SSSR count). The summed E-state index contributed by atoms with van der Waals surface area (Å²) in [5.41, 5.74) is -0.618. The molecule has 128 valence electrons. The number of aliphatic hydroxyl groups is 2. The third-order valence-electron chi connectivity index (χ3n) is 4.37. The number of anilines is 2. The number of methoxy groups -OCH3 is 1. The van der Waals surface area contributed by atoms with Gasteiger partial charge in [0, 0.05) is 21.2 Å². The summed E-state index contributed by atoms with van der Waals surface area (Å²) in [4.78, 5) is 30.2. The molecule has 0 bridgehead atoms. The fraction of sp³-hybridized carbons (Fsp3) is 0.692. The first-order valence-electron chi connectivity index (χ1n) is 7.19. The van der Waals surface area contributed by atoms with Gasteiger partial charge in [-0.25, -0.2) is 4.79 Å². The highest BCUT2D eigenvalue weighted by Gasteiger charge is 2.49. The molecule has 1 saturated heterocycles. The van der Waals surface area contributed by atoms with E-state index in [1.54, 1.807) is 16.8 Å². The average molecular weight is 328 g/mol. The Balaban J connectivity index is 2.05. The van der Waals surface area contributed by atoms with Gasteiger partial charge in [-0.15, -0.1) is 0 Å². The third kappa shape index (κ3) is 2.26. The van der Waals surface area contributed by atoms with Gasteiger partial charge in [0.25, 0.3) is 5.56 Å². The van der Waals surface area contributed by atoms with E-state index < -0.39 is 35.8 Å². The molecule has 1 aromatic heterocycles. The summed E-state index contributed by atoms with van der Waals surface area (Å²) in [6.45, 7) is -0.0823. The van der Waals surface area contributed by atoms with Crippen LogP contribution in [-0.2, 0) is 16.5 Å². The van der Waals surface area contributed by atoms with E-state index >= 15 is 0 Å². The van der Waals surface area contributed by atoms with E-state index in [0.717, 1.165) is 4.57 Å². The number of nitrogens with one attached hydrogen (secondary N) is 1. The van der Waals surface area contributed by atoms with E-state index in [9.17, 15) is 19.8 Å². The largest absolute Gasteiger partial charge is 0.394 e. The first kappa shape index (κ1) is 16.0. The second kappa shape index (κ2) is 5.64. The Bertz CT molecular complexity index is 715. The Labute approximate surface area is 131 Å². The monoisotopic (exact) mass is 328 g/mol. The van der Waals surface area contributed by atoms with Crippen molar-refractivity contribution >= 4 is 11.5 Å². The predicted octanol–water partition coefficient (Wildman–Crippen LogP) is -2.62. The maximum atomic E-state index is 12.3. The first-order valence-corrected chi connectivity index (χ1v) is 7.19. The molecule has 0 spiro atoms. The summed E-state index contributed by atoms with van der Waals surface area (Å²) < 4.78 is 12.0. The van der Waals surface area contributed by atoms with Gasteiger partial charge in [-0.05, 0) is 0 Å². The Kier molecular flexibility index (Phi) is 3.92. The highest BCUT2D eigenvalue weighted by atomic mass is 16.6. The summed E-state index contributed by atoms with van der Waals surface area (Å²) >= 11 is 0. The Morgan fingerprint density at radius 2 is 2.09 bits per heavy atom. The molecular weight excluding hydrogens is 308 g/mol. The van der Waals surface area contributed by atoms with Crippen LogP contribution < -0.4 is 21.0 Å². The second-order valence-corrected chi connectivity index (χ2v) is 5.74. The zero-order valence-electron chi connectivity index (χ0n) is 13.1. The Morgan fingerprint density at radius 3 is 2.70 bits per heavy atom. The van der Waals surface area contributed by atoms with Gasteiger partial charge in [0.05, 0.1) is 13.3 Å². The van der Waals surface area contributed by atoms with Gasteiger partial charge in [0.2, 0.25) is 0 Å². The van der Waals surface area contributed by atoms with E-state index in [-0.39, 0.29) is 13.3 Å². The zero-order valence-corrected chi connectivity index (χ0v) is 13.1. The number of rotatable bonds is 3. The lowest BCUT2D eigenvalue weighted by atomic mass is 10.1. The maximum Gasteiger partial charge on any atom is 0.329 e. The summed E-state index contributed by atoms with van der Waals surface area (Å²) in [6, 6.07) is 0. The van der Waals surface area contributed by atoms with Crippen LogP contribution in [0.5, 0.6) is 0 Å². The van der Waals surface area contributed by atoms with Crippen molar-refractivity contribution < 1.29 is 19.7 Å². The average Bonchev–Trinajstić information content (AvgIpc) is 3.01. The van der Waals surface area contributed by atoms with Gasteiger partial charge >= 0.3 is 5.69 Å². The number of fused-ring (bicyclic) bond motifs is 1. The van der Waals surface area contributed by atoms with Crippen LogP contribution in [-0.4, -0.2) is 71.7 Å². The number of ether oxygens (including phenoxy) is 2. The fourth-order valence-electron chi connectivity index (χ4n) is 3.10. The number of nitrogens with zero attached hydrogens (tertiary/aromatic N) is 3. The minimum absolute atomic E-state index is 0.278. The van der Waals surface area contributed by atoms with Crippen LogP contribution in [0.1, 0.15) is 0 Å². The van der Waals surface area contributed by atoms with Crippen LogP contribution in [0.25, 0.3) is 0 Å². The van der Waals surface area contributed by atoms with Crippen LogP contribution in [0.15, 0.2) is 9.59 Å². The van der Waals surface area contributed by atoms with Crippen molar-refractivity contribution in [2.75, 3.05) is 37.2 Å². The van der Waals surface area contributed by atoms with Gasteiger partial charge < -0.3 is 29.5 Å². The van der Waals surface area contributed by atoms with Crippen molar-refractivity contribution in [3.8, 4) is 0 Å². The van der Waals surface area contributed by atoms with Crippen molar-refractivity contribution in [2.45, 2.75) is 24.5 Å². The summed E-state index contributed by atoms with van der Waals surface area (Å²) in [7, 11) is 4.54. The second-order valence-electron chi connectivity index (χ2n) is 5.74.